The molecule has 1 amide bonds. The van der Waals surface area contributed by atoms with E-state index in [-0.39, 0.29) is 18.7 Å². The van der Waals surface area contributed by atoms with E-state index in [0.29, 0.717) is 16.6 Å². The van der Waals surface area contributed by atoms with E-state index >= 15 is 0 Å². The molecule has 0 radical (unpaired) electrons. The van der Waals surface area contributed by atoms with E-state index in [1.807, 2.05) is 23.6 Å². The second kappa shape index (κ2) is 4.91. The Balaban J connectivity index is 1.43. The van der Waals surface area contributed by atoms with Crippen LogP contribution in [0, 0.1) is 6.92 Å². The van der Waals surface area contributed by atoms with Crippen LogP contribution in [0.25, 0.3) is 10.2 Å². The third-order valence-corrected chi connectivity index (χ3v) is 5.24. The van der Waals surface area contributed by atoms with Crippen LogP contribution in [-0.4, -0.2) is 32.4 Å². The Morgan fingerprint density at radius 3 is 3.04 bits per heavy atom. The molecule has 24 heavy (non-hydrogen) atoms. The van der Waals surface area contributed by atoms with Crippen molar-refractivity contribution in [3.63, 3.8) is 0 Å². The average molecular weight is 343 g/mol. The van der Waals surface area contributed by atoms with Gasteiger partial charge in [0.15, 0.2) is 16.6 Å². The van der Waals surface area contributed by atoms with E-state index in [9.17, 15) is 4.79 Å². The fourth-order valence-corrected chi connectivity index (χ4v) is 4.07. The zero-order valence-corrected chi connectivity index (χ0v) is 13.6. The molecule has 0 fully saturated rings. The highest BCUT2D eigenvalue weighted by Gasteiger charge is 2.31. The van der Waals surface area contributed by atoms with E-state index in [2.05, 4.69) is 20.5 Å². The highest BCUT2D eigenvalue weighted by molar-refractivity contribution is 7.22. The first-order valence-corrected chi connectivity index (χ1v) is 8.42. The molecule has 5 rings (SSSR count). The van der Waals surface area contributed by atoms with Gasteiger partial charge in [0, 0.05) is 18.6 Å². The van der Waals surface area contributed by atoms with Crippen LogP contribution in [0.5, 0.6) is 11.5 Å². The van der Waals surface area contributed by atoms with Gasteiger partial charge in [0.25, 0.3) is 0 Å². The minimum absolute atomic E-state index is 0.0873. The molecule has 0 spiro atoms. The van der Waals surface area contributed by atoms with Crippen LogP contribution in [0.3, 0.4) is 0 Å². The van der Waals surface area contributed by atoms with Gasteiger partial charge in [-0.05, 0) is 13.3 Å². The number of thiazole rings is 1. The van der Waals surface area contributed by atoms with Crippen LogP contribution < -0.4 is 14.8 Å². The fourth-order valence-electron chi connectivity index (χ4n) is 3.19. The summed E-state index contributed by atoms with van der Waals surface area (Å²) in [5, 5.41) is 11.6. The molecule has 1 unspecified atom stereocenters. The topological polar surface area (TPSA) is 91.2 Å². The van der Waals surface area contributed by atoms with Crippen LogP contribution in [0.1, 0.15) is 24.1 Å². The van der Waals surface area contributed by atoms with Crippen molar-refractivity contribution in [3.05, 3.63) is 23.8 Å². The summed E-state index contributed by atoms with van der Waals surface area (Å²) < 4.78 is 13.6. The van der Waals surface area contributed by atoms with Gasteiger partial charge in [-0.25, -0.2) is 4.98 Å². The summed E-state index contributed by atoms with van der Waals surface area (Å²) in [5.41, 5.74) is 0.784. The fraction of sp³-hybridized carbons (Fsp3) is 0.333. The number of ether oxygens (including phenoxy) is 2. The van der Waals surface area contributed by atoms with Crippen molar-refractivity contribution >= 4 is 32.6 Å². The van der Waals surface area contributed by atoms with Gasteiger partial charge in [0.05, 0.1) is 10.2 Å². The Morgan fingerprint density at radius 1 is 1.33 bits per heavy atom. The maximum absolute atomic E-state index is 12.6. The largest absolute Gasteiger partial charge is 0.454 e. The summed E-state index contributed by atoms with van der Waals surface area (Å²) >= 11 is 1.42. The van der Waals surface area contributed by atoms with Gasteiger partial charge in [-0.1, -0.05) is 11.3 Å². The summed E-state index contributed by atoms with van der Waals surface area (Å²) in [6.07, 6.45) is 1.50. The first-order valence-electron chi connectivity index (χ1n) is 7.60. The number of fused-ring (bicyclic) bond motifs is 3. The molecule has 0 aliphatic carbocycles. The number of aromatic nitrogens is 4. The molecule has 122 valence electrons. The molecule has 1 atom stereocenters. The predicted molar refractivity (Wildman–Crippen MR) is 86.5 cm³/mol. The SMILES string of the molecule is Cc1nnc2n1C(C(=O)Nc1nc3cc4c(cc3s1)OCO4)CC2. The number of carbonyl (C=O) groups is 1. The zero-order chi connectivity index (χ0) is 16.3. The molecule has 9 heteroatoms. The molecule has 1 N–H and O–H groups in total. The van der Waals surface area contributed by atoms with Gasteiger partial charge >= 0.3 is 0 Å². The van der Waals surface area contributed by atoms with E-state index in [0.717, 1.165) is 34.7 Å². The van der Waals surface area contributed by atoms with Crippen LogP contribution in [0.15, 0.2) is 12.1 Å². The summed E-state index contributed by atoms with van der Waals surface area (Å²) in [5.74, 6) is 2.94. The summed E-state index contributed by atoms with van der Waals surface area (Å²) in [7, 11) is 0. The van der Waals surface area contributed by atoms with Crippen molar-refractivity contribution < 1.29 is 14.3 Å². The Morgan fingerprint density at radius 2 is 2.17 bits per heavy atom. The number of carbonyl (C=O) groups excluding carboxylic acids is 1. The lowest BCUT2D eigenvalue weighted by Gasteiger charge is -2.12. The third-order valence-electron chi connectivity index (χ3n) is 4.31. The zero-order valence-electron chi connectivity index (χ0n) is 12.8. The number of nitrogens with one attached hydrogen (secondary N) is 1. The molecule has 2 aliphatic rings. The lowest BCUT2D eigenvalue weighted by Crippen LogP contribution is -2.24. The van der Waals surface area contributed by atoms with Crippen molar-refractivity contribution in [1.82, 2.24) is 19.7 Å². The third kappa shape index (κ3) is 1.97. The van der Waals surface area contributed by atoms with E-state index in [4.69, 9.17) is 9.47 Å². The maximum atomic E-state index is 12.6. The van der Waals surface area contributed by atoms with Gasteiger partial charge in [-0.3, -0.25) is 4.79 Å². The van der Waals surface area contributed by atoms with Crippen LogP contribution in [0.4, 0.5) is 5.13 Å². The van der Waals surface area contributed by atoms with Crippen molar-refractivity contribution in [3.8, 4) is 11.5 Å². The van der Waals surface area contributed by atoms with Crippen LogP contribution >= 0.6 is 11.3 Å². The van der Waals surface area contributed by atoms with Gasteiger partial charge in [0.2, 0.25) is 12.7 Å². The molecule has 1 aromatic carbocycles. The minimum atomic E-state index is -0.279. The number of hydrogen-bond donors (Lipinski definition) is 1. The maximum Gasteiger partial charge on any atom is 0.249 e. The van der Waals surface area contributed by atoms with E-state index < -0.39 is 0 Å². The Bertz CT molecular complexity index is 938. The Labute approximate surface area is 140 Å². The molecular formula is C15H13N5O3S. The lowest BCUT2D eigenvalue weighted by molar-refractivity contribution is -0.119. The molecule has 0 bridgehead atoms. The number of benzene rings is 1. The van der Waals surface area contributed by atoms with Gasteiger partial charge < -0.3 is 19.4 Å². The van der Waals surface area contributed by atoms with Gasteiger partial charge in [-0.2, -0.15) is 0 Å². The quantitative estimate of drug-likeness (QED) is 0.766. The van der Waals surface area contributed by atoms with Crippen LogP contribution in [0.2, 0.25) is 0 Å². The first-order chi connectivity index (χ1) is 11.7. The Hall–Kier alpha value is -2.68. The van der Waals surface area contributed by atoms with Gasteiger partial charge in [-0.15, -0.1) is 10.2 Å². The average Bonchev–Trinajstić information content (AvgIpc) is 3.29. The second-order valence-electron chi connectivity index (χ2n) is 5.77. The predicted octanol–water partition coefficient (Wildman–Crippen LogP) is 2.05. The normalized spacial score (nSPS) is 18.1. The molecule has 4 heterocycles. The first kappa shape index (κ1) is 13.7. The number of nitrogens with zero attached hydrogens (tertiary/aromatic N) is 4. The number of rotatable bonds is 2. The van der Waals surface area contributed by atoms with Crippen molar-refractivity contribution in [1.29, 1.82) is 0 Å². The van der Waals surface area contributed by atoms with E-state index in [1.165, 1.54) is 11.3 Å². The smallest absolute Gasteiger partial charge is 0.249 e. The number of amides is 1. The minimum Gasteiger partial charge on any atom is -0.454 e. The highest BCUT2D eigenvalue weighted by Crippen LogP contribution is 2.39. The van der Waals surface area contributed by atoms with Crippen LogP contribution in [-0.2, 0) is 11.2 Å². The molecule has 3 aromatic rings. The number of hydrogen-bond acceptors (Lipinski definition) is 7. The summed E-state index contributed by atoms with van der Waals surface area (Å²) in [4.78, 5) is 17.1. The lowest BCUT2D eigenvalue weighted by atomic mass is 10.2. The van der Waals surface area contributed by atoms with Crippen molar-refractivity contribution in [2.75, 3.05) is 12.1 Å². The monoisotopic (exact) mass is 343 g/mol. The number of anilines is 1. The number of aryl methyl sites for hydroxylation is 2. The summed E-state index contributed by atoms with van der Waals surface area (Å²) in [6, 6.07) is 3.45. The van der Waals surface area contributed by atoms with Crippen molar-refractivity contribution in [2.24, 2.45) is 0 Å². The molecule has 2 aliphatic heterocycles. The van der Waals surface area contributed by atoms with Crippen molar-refractivity contribution in [2.45, 2.75) is 25.8 Å². The molecule has 2 aromatic heterocycles. The molecule has 0 saturated heterocycles. The van der Waals surface area contributed by atoms with Gasteiger partial charge in [0.1, 0.15) is 17.7 Å². The highest BCUT2D eigenvalue weighted by atomic mass is 32.1. The standard InChI is InChI=1S/C15H13N5O3S/c1-7-18-19-13-3-2-9(20(7)13)14(21)17-15-16-8-4-10-11(23-6-22-10)5-12(8)24-15/h4-5,9H,2-3,6H2,1H3,(H,16,17,21). The Kier molecular flexibility index (Phi) is 2.81. The van der Waals surface area contributed by atoms with E-state index in [1.54, 1.807) is 0 Å². The molecular weight excluding hydrogens is 330 g/mol. The summed E-state index contributed by atoms with van der Waals surface area (Å²) in [6.45, 7) is 2.10. The second-order valence-corrected chi connectivity index (χ2v) is 6.80. The molecule has 0 saturated carbocycles. The molecule has 8 nitrogen and oxygen atoms in total.